The van der Waals surface area contributed by atoms with E-state index in [0.717, 1.165) is 54.2 Å². The van der Waals surface area contributed by atoms with E-state index in [1.807, 2.05) is 23.1 Å². The van der Waals surface area contributed by atoms with Crippen molar-refractivity contribution >= 4 is 23.2 Å². The lowest BCUT2D eigenvalue weighted by Crippen LogP contribution is -2.33. The van der Waals surface area contributed by atoms with Crippen LogP contribution in [0.15, 0.2) is 54.6 Å². The van der Waals surface area contributed by atoms with Crippen LogP contribution >= 0.6 is 11.6 Å². The summed E-state index contributed by atoms with van der Waals surface area (Å²) in [6.07, 6.45) is 10.3. The summed E-state index contributed by atoms with van der Waals surface area (Å²) >= 11 is 6.53. The normalized spacial score (nSPS) is 25.7. The van der Waals surface area contributed by atoms with Crippen LogP contribution in [0.1, 0.15) is 65.5 Å². The molecule has 0 aromatic heterocycles. The number of hydrogen-bond donors (Lipinski definition) is 1. The SMILES string of the molecule is O=C(c1ccc2c(c1)C1C=CCC1C(c1ccccc1Cl)N2)N1CCCCCC1. The quantitative estimate of drug-likeness (QED) is 0.603. The monoisotopic (exact) mass is 406 g/mol. The molecular formula is C25H27ClN2O. The van der Waals surface area contributed by atoms with E-state index >= 15 is 0 Å². The summed E-state index contributed by atoms with van der Waals surface area (Å²) in [5.74, 6) is 0.928. The van der Waals surface area contributed by atoms with Crippen molar-refractivity contribution in [3.63, 3.8) is 0 Å². The summed E-state index contributed by atoms with van der Waals surface area (Å²) in [5, 5.41) is 4.54. The Kier molecular flexibility index (Phi) is 5.09. The van der Waals surface area contributed by atoms with Gasteiger partial charge in [-0.2, -0.15) is 0 Å². The molecule has 1 N–H and O–H groups in total. The Hall–Kier alpha value is -2.26. The molecule has 0 radical (unpaired) electrons. The van der Waals surface area contributed by atoms with Gasteiger partial charge in [0.1, 0.15) is 0 Å². The van der Waals surface area contributed by atoms with Crippen molar-refractivity contribution < 1.29 is 4.79 Å². The highest BCUT2D eigenvalue weighted by Gasteiger charge is 2.39. The predicted octanol–water partition coefficient (Wildman–Crippen LogP) is 6.18. The van der Waals surface area contributed by atoms with Crippen LogP contribution in [-0.4, -0.2) is 23.9 Å². The Morgan fingerprint density at radius 3 is 2.59 bits per heavy atom. The standard InChI is InChI=1S/C25H27ClN2O/c26-22-11-4-3-8-20(22)24-19-10-7-9-18(19)21-16-17(12-13-23(21)27-24)25(29)28-14-5-1-2-6-15-28/h3-4,7-9,11-13,16,18-19,24,27H,1-2,5-6,10,14-15H2. The molecule has 150 valence electrons. The minimum atomic E-state index is 0.182. The van der Waals surface area contributed by atoms with Gasteiger partial charge in [-0.1, -0.05) is 54.8 Å². The number of nitrogens with one attached hydrogen (secondary N) is 1. The third kappa shape index (κ3) is 3.46. The summed E-state index contributed by atoms with van der Waals surface area (Å²) in [6, 6.07) is 14.5. The van der Waals surface area contributed by atoms with E-state index in [1.54, 1.807) is 0 Å². The van der Waals surface area contributed by atoms with Crippen LogP contribution in [0.3, 0.4) is 0 Å². The van der Waals surface area contributed by atoms with Gasteiger partial charge in [0.2, 0.25) is 0 Å². The maximum Gasteiger partial charge on any atom is 0.253 e. The number of benzene rings is 2. The summed E-state index contributed by atoms with van der Waals surface area (Å²) < 4.78 is 0. The van der Waals surface area contributed by atoms with Crippen LogP contribution in [0.5, 0.6) is 0 Å². The van der Waals surface area contributed by atoms with Gasteiger partial charge in [0.05, 0.1) is 6.04 Å². The average Bonchev–Trinajstić information content (AvgIpc) is 3.08. The maximum absolute atomic E-state index is 13.1. The van der Waals surface area contributed by atoms with Gasteiger partial charge in [-0.3, -0.25) is 4.79 Å². The highest BCUT2D eigenvalue weighted by molar-refractivity contribution is 6.31. The van der Waals surface area contributed by atoms with Crippen molar-refractivity contribution in [2.24, 2.45) is 5.92 Å². The van der Waals surface area contributed by atoms with Gasteiger partial charge in [0.25, 0.3) is 5.91 Å². The second kappa shape index (κ2) is 7.87. The first kappa shape index (κ1) is 18.7. The number of fused-ring (bicyclic) bond motifs is 3. The fourth-order valence-corrected chi connectivity index (χ4v) is 5.47. The predicted molar refractivity (Wildman–Crippen MR) is 119 cm³/mol. The zero-order valence-corrected chi connectivity index (χ0v) is 17.4. The van der Waals surface area contributed by atoms with Crippen molar-refractivity contribution in [2.75, 3.05) is 18.4 Å². The second-order valence-corrected chi connectivity index (χ2v) is 8.91. The molecule has 29 heavy (non-hydrogen) atoms. The van der Waals surface area contributed by atoms with Gasteiger partial charge in [0.15, 0.2) is 0 Å². The first-order valence-corrected chi connectivity index (χ1v) is 11.2. The average molecular weight is 407 g/mol. The highest BCUT2D eigenvalue weighted by atomic mass is 35.5. The van der Waals surface area contributed by atoms with Crippen LogP contribution in [0, 0.1) is 5.92 Å². The van der Waals surface area contributed by atoms with Crippen LogP contribution in [-0.2, 0) is 0 Å². The summed E-state index contributed by atoms with van der Waals surface area (Å²) in [5.41, 5.74) is 4.34. The van der Waals surface area contributed by atoms with Gasteiger partial charge >= 0.3 is 0 Å². The molecule has 2 aromatic carbocycles. The maximum atomic E-state index is 13.1. The Morgan fingerprint density at radius 2 is 1.79 bits per heavy atom. The number of allylic oxidation sites excluding steroid dienone is 2. The van der Waals surface area contributed by atoms with E-state index in [2.05, 4.69) is 41.7 Å². The molecule has 0 saturated carbocycles. The van der Waals surface area contributed by atoms with Crippen molar-refractivity contribution in [3.8, 4) is 0 Å². The number of carbonyl (C=O) groups excluding carboxylic acids is 1. The summed E-state index contributed by atoms with van der Waals surface area (Å²) in [4.78, 5) is 15.2. The van der Waals surface area contributed by atoms with E-state index in [0.29, 0.717) is 11.8 Å². The van der Waals surface area contributed by atoms with Gasteiger partial charge in [-0.15, -0.1) is 0 Å². The number of hydrogen-bond acceptors (Lipinski definition) is 2. The number of amides is 1. The molecule has 0 bridgehead atoms. The van der Waals surface area contributed by atoms with E-state index in [1.165, 1.54) is 18.4 Å². The molecule has 2 heterocycles. The molecule has 2 aliphatic heterocycles. The van der Waals surface area contributed by atoms with Crippen molar-refractivity contribution in [2.45, 2.75) is 44.1 Å². The number of nitrogens with zero attached hydrogens (tertiary/aromatic N) is 1. The Labute approximate surface area is 177 Å². The fourth-order valence-electron chi connectivity index (χ4n) is 5.22. The van der Waals surface area contributed by atoms with E-state index in [4.69, 9.17) is 11.6 Å². The first-order valence-electron chi connectivity index (χ1n) is 10.8. The van der Waals surface area contributed by atoms with Gasteiger partial charge in [0, 0.05) is 35.3 Å². The molecule has 1 saturated heterocycles. The molecule has 3 aliphatic rings. The molecule has 4 heteroatoms. The highest BCUT2D eigenvalue weighted by Crippen LogP contribution is 2.50. The molecule has 3 unspecified atom stereocenters. The minimum Gasteiger partial charge on any atom is -0.378 e. The van der Waals surface area contributed by atoms with Crippen molar-refractivity contribution in [1.29, 1.82) is 0 Å². The molecule has 1 aliphatic carbocycles. The zero-order valence-electron chi connectivity index (χ0n) is 16.6. The largest absolute Gasteiger partial charge is 0.378 e. The lowest BCUT2D eigenvalue weighted by atomic mass is 9.76. The van der Waals surface area contributed by atoms with Crippen LogP contribution < -0.4 is 5.32 Å². The van der Waals surface area contributed by atoms with Gasteiger partial charge < -0.3 is 10.2 Å². The van der Waals surface area contributed by atoms with E-state index in [9.17, 15) is 4.79 Å². The van der Waals surface area contributed by atoms with Gasteiger partial charge in [-0.05, 0) is 60.6 Å². The molecular weight excluding hydrogens is 380 g/mol. The summed E-state index contributed by atoms with van der Waals surface area (Å²) in [7, 11) is 0. The number of halogens is 1. The van der Waals surface area contributed by atoms with E-state index < -0.39 is 0 Å². The molecule has 5 rings (SSSR count). The minimum absolute atomic E-state index is 0.182. The second-order valence-electron chi connectivity index (χ2n) is 8.51. The van der Waals surface area contributed by atoms with Crippen LogP contribution in [0.4, 0.5) is 5.69 Å². The number of anilines is 1. The van der Waals surface area contributed by atoms with Crippen molar-refractivity contribution in [3.05, 3.63) is 76.3 Å². The van der Waals surface area contributed by atoms with E-state index in [-0.39, 0.29) is 11.9 Å². The van der Waals surface area contributed by atoms with Crippen LogP contribution in [0.25, 0.3) is 0 Å². The molecule has 1 fully saturated rings. The lowest BCUT2D eigenvalue weighted by molar-refractivity contribution is 0.0761. The summed E-state index contributed by atoms with van der Waals surface area (Å²) in [6.45, 7) is 1.77. The topological polar surface area (TPSA) is 32.3 Å². The molecule has 3 nitrogen and oxygen atoms in total. The lowest BCUT2D eigenvalue weighted by Gasteiger charge is -2.38. The molecule has 2 aromatic rings. The Morgan fingerprint density at radius 1 is 1.00 bits per heavy atom. The molecule has 1 amide bonds. The van der Waals surface area contributed by atoms with Gasteiger partial charge in [-0.25, -0.2) is 0 Å². The number of carbonyl (C=O) groups is 1. The van der Waals surface area contributed by atoms with Crippen LogP contribution in [0.2, 0.25) is 5.02 Å². The number of rotatable bonds is 2. The number of likely N-dealkylation sites (tertiary alicyclic amines) is 1. The third-order valence-corrected chi connectivity index (χ3v) is 7.09. The first-order chi connectivity index (χ1) is 14.2. The van der Waals surface area contributed by atoms with Crippen molar-refractivity contribution in [1.82, 2.24) is 4.90 Å². The molecule has 0 spiro atoms. The fraction of sp³-hybridized carbons (Fsp3) is 0.400. The Balaban J connectivity index is 1.47. The Bertz CT molecular complexity index is 946. The molecule has 3 atom stereocenters. The third-order valence-electron chi connectivity index (χ3n) is 6.74. The smallest absolute Gasteiger partial charge is 0.253 e. The zero-order chi connectivity index (χ0) is 19.8.